The maximum absolute atomic E-state index is 14.5. The van der Waals surface area contributed by atoms with Crippen LogP contribution < -0.4 is 0 Å². The molecule has 0 aromatic carbocycles. The minimum Gasteiger partial charge on any atom is -0.487 e. The summed E-state index contributed by atoms with van der Waals surface area (Å²) < 4.78 is 67.1. The van der Waals surface area contributed by atoms with Gasteiger partial charge in [0, 0.05) is 17.1 Å². The number of halogens is 4. The molecule has 0 aliphatic rings. The Morgan fingerprint density at radius 3 is 1.70 bits per heavy atom. The first kappa shape index (κ1) is 29.8. The molecule has 0 aromatic rings. The van der Waals surface area contributed by atoms with E-state index in [0.29, 0.717) is 0 Å². The molecule has 0 aliphatic carbocycles. The molecule has 0 aromatic heterocycles. The van der Waals surface area contributed by atoms with Crippen LogP contribution >= 0.6 is 0 Å². The highest BCUT2D eigenvalue weighted by Crippen LogP contribution is 2.31. The fourth-order valence-electron chi connectivity index (χ4n) is 2.04. The molecular formula is C26H30F4O3. The Bertz CT molecular complexity index is 933. The second kappa shape index (κ2) is 14.1. The SMILES string of the molecule is C=CCOC(=C)/C(F)=C(/F)C(=C)C(=C)/C=C\C(=C)C(=C)/C(F)=C(/F)C(=C)C(C)COC(C)O. The number of ether oxygens (including phenoxy) is 2. The number of aliphatic hydroxyl groups excluding tert-OH is 1. The monoisotopic (exact) mass is 466 g/mol. The molecule has 180 valence electrons. The van der Waals surface area contributed by atoms with E-state index in [-0.39, 0.29) is 35.5 Å². The van der Waals surface area contributed by atoms with Gasteiger partial charge in [-0.3, -0.25) is 0 Å². The van der Waals surface area contributed by atoms with Crippen molar-refractivity contribution in [1.29, 1.82) is 0 Å². The minimum absolute atomic E-state index is 0.0548. The van der Waals surface area contributed by atoms with E-state index in [0.717, 1.165) is 0 Å². The Morgan fingerprint density at radius 1 is 0.818 bits per heavy atom. The summed E-state index contributed by atoms with van der Waals surface area (Å²) >= 11 is 0. The van der Waals surface area contributed by atoms with Crippen molar-refractivity contribution < 1.29 is 32.1 Å². The van der Waals surface area contributed by atoms with Gasteiger partial charge >= 0.3 is 0 Å². The van der Waals surface area contributed by atoms with Gasteiger partial charge in [0.25, 0.3) is 0 Å². The van der Waals surface area contributed by atoms with Gasteiger partial charge in [-0.1, -0.05) is 71.2 Å². The number of hydrogen-bond donors (Lipinski definition) is 1. The van der Waals surface area contributed by atoms with E-state index in [1.807, 2.05) is 0 Å². The molecule has 0 bridgehead atoms. The molecule has 33 heavy (non-hydrogen) atoms. The van der Waals surface area contributed by atoms with Crippen molar-refractivity contribution in [2.45, 2.75) is 20.1 Å². The molecule has 0 amide bonds. The van der Waals surface area contributed by atoms with Crippen molar-refractivity contribution in [3.05, 3.63) is 121 Å². The Labute approximate surface area is 193 Å². The molecule has 2 unspecified atom stereocenters. The molecular weight excluding hydrogens is 436 g/mol. The second-order valence-electron chi connectivity index (χ2n) is 6.98. The molecule has 0 fully saturated rings. The highest BCUT2D eigenvalue weighted by Gasteiger charge is 2.20. The lowest BCUT2D eigenvalue weighted by Crippen LogP contribution is -2.15. The Hall–Kier alpha value is -3.16. The molecule has 2 atom stereocenters. The highest BCUT2D eigenvalue weighted by atomic mass is 19.2. The summed E-state index contributed by atoms with van der Waals surface area (Å²) in [5, 5.41) is 9.12. The summed E-state index contributed by atoms with van der Waals surface area (Å²) in [6.07, 6.45) is 2.65. The normalized spacial score (nSPS) is 14.5. The van der Waals surface area contributed by atoms with Gasteiger partial charge in [-0.25, -0.2) is 13.2 Å². The van der Waals surface area contributed by atoms with E-state index in [4.69, 9.17) is 14.6 Å². The lowest BCUT2D eigenvalue weighted by Gasteiger charge is -2.16. The number of rotatable bonds is 15. The Morgan fingerprint density at radius 2 is 1.27 bits per heavy atom. The van der Waals surface area contributed by atoms with Crippen molar-refractivity contribution in [1.82, 2.24) is 0 Å². The summed E-state index contributed by atoms with van der Waals surface area (Å²) in [4.78, 5) is 0. The van der Waals surface area contributed by atoms with Crippen LogP contribution in [-0.4, -0.2) is 24.6 Å². The topological polar surface area (TPSA) is 38.7 Å². The lowest BCUT2D eigenvalue weighted by molar-refractivity contribution is -0.0917. The van der Waals surface area contributed by atoms with Crippen molar-refractivity contribution >= 4 is 0 Å². The van der Waals surface area contributed by atoms with Crippen molar-refractivity contribution in [3.8, 4) is 0 Å². The van der Waals surface area contributed by atoms with Gasteiger partial charge in [-0.15, -0.1) is 0 Å². The zero-order chi connectivity index (χ0) is 25.9. The average Bonchev–Trinajstić information content (AvgIpc) is 2.80. The molecule has 1 N–H and O–H groups in total. The van der Waals surface area contributed by atoms with Crippen LogP contribution in [0.4, 0.5) is 17.6 Å². The molecule has 0 rings (SSSR count). The predicted octanol–water partition coefficient (Wildman–Crippen LogP) is 7.33. The van der Waals surface area contributed by atoms with Crippen molar-refractivity contribution in [2.75, 3.05) is 13.2 Å². The summed E-state index contributed by atoms with van der Waals surface area (Å²) in [6, 6.07) is 0. The van der Waals surface area contributed by atoms with E-state index in [2.05, 4.69) is 46.1 Å². The second-order valence-corrected chi connectivity index (χ2v) is 6.98. The number of aliphatic hydroxyl groups is 1. The first-order chi connectivity index (χ1) is 15.3. The van der Waals surface area contributed by atoms with Crippen LogP contribution in [0.3, 0.4) is 0 Å². The molecule has 0 saturated heterocycles. The van der Waals surface area contributed by atoms with Gasteiger partial charge in [-0.2, -0.15) is 4.39 Å². The predicted molar refractivity (Wildman–Crippen MR) is 125 cm³/mol. The maximum Gasteiger partial charge on any atom is 0.200 e. The third-order valence-electron chi connectivity index (χ3n) is 4.26. The molecule has 0 radical (unpaired) electrons. The first-order valence-corrected chi connectivity index (χ1v) is 9.73. The van der Waals surface area contributed by atoms with Crippen LogP contribution in [0.15, 0.2) is 121 Å². The third kappa shape index (κ3) is 9.47. The van der Waals surface area contributed by atoms with Crippen molar-refractivity contribution in [2.24, 2.45) is 5.92 Å². The Balaban J connectivity index is 5.36. The van der Waals surface area contributed by atoms with Gasteiger partial charge in [0.1, 0.15) is 6.61 Å². The Kier molecular flexibility index (Phi) is 12.7. The van der Waals surface area contributed by atoms with Crippen LogP contribution in [-0.2, 0) is 9.47 Å². The van der Waals surface area contributed by atoms with E-state index in [9.17, 15) is 17.6 Å². The van der Waals surface area contributed by atoms with Crippen LogP contribution in [0.1, 0.15) is 13.8 Å². The summed E-state index contributed by atoms with van der Waals surface area (Å²) in [7, 11) is 0. The smallest absolute Gasteiger partial charge is 0.200 e. The molecule has 0 aliphatic heterocycles. The largest absolute Gasteiger partial charge is 0.487 e. The van der Waals surface area contributed by atoms with Gasteiger partial charge in [0.2, 0.25) is 5.83 Å². The summed E-state index contributed by atoms with van der Waals surface area (Å²) in [5.41, 5.74) is -1.11. The summed E-state index contributed by atoms with van der Waals surface area (Å²) in [6.45, 7) is 27.0. The number of hydrogen-bond acceptors (Lipinski definition) is 3. The van der Waals surface area contributed by atoms with Crippen LogP contribution in [0.2, 0.25) is 0 Å². The van der Waals surface area contributed by atoms with E-state index in [1.165, 1.54) is 25.2 Å². The van der Waals surface area contributed by atoms with E-state index < -0.39 is 46.8 Å². The molecule has 0 spiro atoms. The highest BCUT2D eigenvalue weighted by molar-refractivity contribution is 5.54. The quantitative estimate of drug-likeness (QED) is 0.0903. The standard InChI is InChI=1S/C26H30F4O3/c1-10-13-32-21(8)26(30)25(29)19(6)16(3)12-11-15(2)18(5)23(27)24(28)20(7)17(4)14-33-22(9)31/h10-12,17,22,31H,1-3,5-8,13-14H2,4,9H3/b12-11-,24-23-,26-25-. The maximum atomic E-state index is 14.5. The van der Waals surface area contributed by atoms with Crippen LogP contribution in [0, 0.1) is 5.92 Å². The summed E-state index contributed by atoms with van der Waals surface area (Å²) in [5.74, 6) is -6.41. The van der Waals surface area contributed by atoms with Gasteiger partial charge < -0.3 is 14.6 Å². The van der Waals surface area contributed by atoms with Gasteiger partial charge in [0.05, 0.1) is 6.61 Å². The fraction of sp³-hybridized carbons (Fsp3) is 0.231. The van der Waals surface area contributed by atoms with Crippen LogP contribution in [0.25, 0.3) is 0 Å². The molecule has 7 heteroatoms. The molecule has 3 nitrogen and oxygen atoms in total. The van der Waals surface area contributed by atoms with E-state index >= 15 is 0 Å². The third-order valence-corrected chi connectivity index (χ3v) is 4.26. The minimum atomic E-state index is -1.36. The zero-order valence-electron chi connectivity index (χ0n) is 19.0. The van der Waals surface area contributed by atoms with Gasteiger partial charge in [0.15, 0.2) is 29.5 Å². The molecule has 0 heterocycles. The lowest BCUT2D eigenvalue weighted by atomic mass is 9.98. The number of allylic oxidation sites excluding steroid dienone is 10. The first-order valence-electron chi connectivity index (χ1n) is 9.73. The average molecular weight is 467 g/mol. The molecule has 0 saturated carbocycles. The van der Waals surface area contributed by atoms with E-state index in [1.54, 1.807) is 6.92 Å². The van der Waals surface area contributed by atoms with Crippen LogP contribution in [0.5, 0.6) is 0 Å². The van der Waals surface area contributed by atoms with Crippen molar-refractivity contribution in [3.63, 3.8) is 0 Å². The zero-order valence-corrected chi connectivity index (χ0v) is 19.0. The van der Waals surface area contributed by atoms with Gasteiger partial charge in [-0.05, 0) is 23.6 Å². The fourth-order valence-corrected chi connectivity index (χ4v) is 2.04.